The van der Waals surface area contributed by atoms with Crippen LogP contribution < -0.4 is 5.32 Å². The lowest BCUT2D eigenvalue weighted by Crippen LogP contribution is -2.42. The lowest BCUT2D eigenvalue weighted by atomic mass is 10.1. The molecule has 5 heteroatoms. The summed E-state index contributed by atoms with van der Waals surface area (Å²) >= 11 is 1.91. The van der Waals surface area contributed by atoms with Gasteiger partial charge in [-0.25, -0.2) is 0 Å². The van der Waals surface area contributed by atoms with Crippen LogP contribution >= 0.6 is 11.8 Å². The topological polar surface area (TPSA) is 45.5 Å². The summed E-state index contributed by atoms with van der Waals surface area (Å²) in [6.07, 6.45) is 0.550. The Morgan fingerprint density at radius 3 is 3.05 bits per heavy atom. The number of rotatable bonds is 4. The molecule has 1 aromatic carbocycles. The zero-order valence-electron chi connectivity index (χ0n) is 13.0. The van der Waals surface area contributed by atoms with Crippen molar-refractivity contribution >= 4 is 28.6 Å². The first-order chi connectivity index (χ1) is 10.6. The molecule has 2 aromatic rings. The number of nitrogens with zero attached hydrogens (tertiary/aromatic N) is 1. The van der Waals surface area contributed by atoms with Crippen molar-refractivity contribution < 1.29 is 9.21 Å². The first-order valence-corrected chi connectivity index (χ1v) is 8.86. The van der Waals surface area contributed by atoms with Gasteiger partial charge in [-0.2, -0.15) is 11.8 Å². The van der Waals surface area contributed by atoms with Gasteiger partial charge in [0.05, 0.1) is 6.04 Å². The van der Waals surface area contributed by atoms with Gasteiger partial charge in [0.15, 0.2) is 0 Å². The minimum Gasteiger partial charge on any atom is -0.459 e. The number of carbonyl (C=O) groups excluding carboxylic acids is 1. The van der Waals surface area contributed by atoms with Gasteiger partial charge in [0, 0.05) is 42.9 Å². The van der Waals surface area contributed by atoms with Crippen LogP contribution in [0, 0.1) is 0 Å². The average Bonchev–Trinajstić information content (AvgIpc) is 2.98. The maximum absolute atomic E-state index is 12.5. The lowest BCUT2D eigenvalue weighted by Gasteiger charge is -2.28. The molecule has 22 heavy (non-hydrogen) atoms. The molecule has 0 saturated carbocycles. The summed E-state index contributed by atoms with van der Waals surface area (Å²) in [5.41, 5.74) is 0.871. The second kappa shape index (κ2) is 6.75. The third kappa shape index (κ3) is 3.31. The highest BCUT2D eigenvalue weighted by atomic mass is 32.2. The summed E-state index contributed by atoms with van der Waals surface area (Å²) in [7, 11) is 1.86. The Balaban J connectivity index is 1.67. The van der Waals surface area contributed by atoms with Gasteiger partial charge in [0.1, 0.15) is 11.3 Å². The van der Waals surface area contributed by atoms with Crippen molar-refractivity contribution in [2.24, 2.45) is 0 Å². The van der Waals surface area contributed by atoms with Gasteiger partial charge in [0.2, 0.25) is 5.91 Å². The van der Waals surface area contributed by atoms with Crippen LogP contribution in [0.2, 0.25) is 0 Å². The van der Waals surface area contributed by atoms with Crippen LogP contribution in [-0.2, 0) is 4.79 Å². The molecule has 1 aromatic heterocycles. The minimum absolute atomic E-state index is 0.0591. The molecular formula is C17H22N2O2S. The molecule has 1 aliphatic heterocycles. The fraction of sp³-hybridized carbons (Fsp3) is 0.471. The van der Waals surface area contributed by atoms with Gasteiger partial charge < -0.3 is 14.6 Å². The van der Waals surface area contributed by atoms with Crippen LogP contribution in [0.3, 0.4) is 0 Å². The summed E-state index contributed by atoms with van der Waals surface area (Å²) in [5.74, 6) is 3.14. The highest BCUT2D eigenvalue weighted by Gasteiger charge is 2.24. The normalized spacial score (nSPS) is 20.0. The maximum Gasteiger partial charge on any atom is 0.224 e. The van der Waals surface area contributed by atoms with E-state index in [2.05, 4.69) is 5.32 Å². The summed E-state index contributed by atoms with van der Waals surface area (Å²) in [4.78, 5) is 14.3. The number of hydrogen-bond acceptors (Lipinski definition) is 4. The first kappa shape index (κ1) is 15.4. The fourth-order valence-corrected chi connectivity index (χ4v) is 3.67. The molecule has 2 heterocycles. The molecule has 4 nitrogen and oxygen atoms in total. The predicted octanol–water partition coefficient (Wildman–Crippen LogP) is 3.05. The van der Waals surface area contributed by atoms with Crippen molar-refractivity contribution in [2.45, 2.75) is 25.4 Å². The number of hydrogen-bond donors (Lipinski definition) is 1. The number of furan rings is 1. The average molecular weight is 318 g/mol. The molecule has 0 spiro atoms. The van der Waals surface area contributed by atoms with Gasteiger partial charge in [-0.15, -0.1) is 0 Å². The lowest BCUT2D eigenvalue weighted by molar-refractivity contribution is -0.132. The van der Waals surface area contributed by atoms with E-state index in [1.54, 1.807) is 4.90 Å². The molecule has 0 aliphatic carbocycles. The van der Waals surface area contributed by atoms with Crippen LogP contribution in [0.15, 0.2) is 34.7 Å². The Bertz CT molecular complexity index is 616. The molecule has 1 saturated heterocycles. The Kier molecular flexibility index (Phi) is 4.74. The van der Waals surface area contributed by atoms with Crippen LogP contribution in [0.4, 0.5) is 0 Å². The maximum atomic E-state index is 12.5. The Hall–Kier alpha value is -1.46. The van der Waals surface area contributed by atoms with E-state index in [1.807, 2.05) is 56.1 Å². The minimum atomic E-state index is -0.0591. The van der Waals surface area contributed by atoms with E-state index in [0.29, 0.717) is 6.42 Å². The van der Waals surface area contributed by atoms with Crippen molar-refractivity contribution in [1.29, 1.82) is 0 Å². The Labute approximate surface area is 135 Å². The van der Waals surface area contributed by atoms with Crippen LogP contribution in [0.1, 0.15) is 25.1 Å². The second-order valence-electron chi connectivity index (χ2n) is 5.80. The number of benzene rings is 1. The molecular weight excluding hydrogens is 296 g/mol. The summed E-state index contributed by atoms with van der Waals surface area (Å²) < 4.78 is 5.88. The van der Waals surface area contributed by atoms with E-state index >= 15 is 0 Å². The van der Waals surface area contributed by atoms with Crippen molar-refractivity contribution in [3.8, 4) is 0 Å². The number of fused-ring (bicyclic) bond motifs is 1. The van der Waals surface area contributed by atoms with E-state index in [1.165, 1.54) is 0 Å². The van der Waals surface area contributed by atoms with E-state index in [9.17, 15) is 4.79 Å². The number of nitrogens with one attached hydrogen (secondary N) is 1. The molecule has 2 unspecified atom stereocenters. The number of para-hydroxylation sites is 1. The third-order valence-corrected chi connectivity index (χ3v) is 5.38. The summed E-state index contributed by atoms with van der Waals surface area (Å²) in [6, 6.07) is 10.2. The smallest absolute Gasteiger partial charge is 0.224 e. The molecule has 1 N–H and O–H groups in total. The Morgan fingerprint density at radius 2 is 2.32 bits per heavy atom. The zero-order valence-corrected chi connectivity index (χ0v) is 13.9. The van der Waals surface area contributed by atoms with Gasteiger partial charge >= 0.3 is 0 Å². The molecule has 1 fully saturated rings. The van der Waals surface area contributed by atoms with Crippen LogP contribution in [-0.4, -0.2) is 41.9 Å². The quantitative estimate of drug-likeness (QED) is 0.941. The predicted molar refractivity (Wildman–Crippen MR) is 91.1 cm³/mol. The summed E-state index contributed by atoms with van der Waals surface area (Å²) in [5, 5.41) is 4.49. The van der Waals surface area contributed by atoms with Crippen LogP contribution in [0.5, 0.6) is 0 Å². The van der Waals surface area contributed by atoms with E-state index < -0.39 is 0 Å². The van der Waals surface area contributed by atoms with Crippen LogP contribution in [0.25, 0.3) is 11.0 Å². The second-order valence-corrected chi connectivity index (χ2v) is 6.95. The largest absolute Gasteiger partial charge is 0.459 e. The first-order valence-electron chi connectivity index (χ1n) is 7.70. The van der Waals surface area contributed by atoms with Gasteiger partial charge in [0.25, 0.3) is 0 Å². The van der Waals surface area contributed by atoms with Crippen molar-refractivity contribution in [2.75, 3.05) is 25.1 Å². The highest BCUT2D eigenvalue weighted by molar-refractivity contribution is 7.99. The van der Waals surface area contributed by atoms with Crippen molar-refractivity contribution in [1.82, 2.24) is 10.2 Å². The fourth-order valence-electron chi connectivity index (χ4n) is 2.72. The molecule has 3 rings (SSSR count). The molecule has 0 radical (unpaired) electrons. The van der Waals surface area contributed by atoms with E-state index in [0.717, 1.165) is 34.8 Å². The van der Waals surface area contributed by atoms with Gasteiger partial charge in [-0.3, -0.25) is 4.79 Å². The molecule has 118 valence electrons. The van der Waals surface area contributed by atoms with E-state index in [4.69, 9.17) is 4.42 Å². The highest BCUT2D eigenvalue weighted by Crippen LogP contribution is 2.27. The SMILES string of the molecule is CC(c1cc2ccccc2o1)N(C)C(=O)CC1CSCCN1. The van der Waals surface area contributed by atoms with Crippen molar-refractivity contribution in [3.63, 3.8) is 0 Å². The number of carbonyl (C=O) groups is 1. The Morgan fingerprint density at radius 1 is 1.50 bits per heavy atom. The van der Waals surface area contributed by atoms with Gasteiger partial charge in [-0.1, -0.05) is 18.2 Å². The zero-order chi connectivity index (χ0) is 15.5. The standard InChI is InChI=1S/C17H22N2O2S/c1-12(16-9-13-5-3-4-6-15(13)21-16)19(2)17(20)10-14-11-22-8-7-18-14/h3-6,9,12,14,18H,7-8,10-11H2,1-2H3. The molecule has 0 bridgehead atoms. The monoisotopic (exact) mass is 318 g/mol. The number of amides is 1. The molecule has 1 aliphatic rings. The van der Waals surface area contributed by atoms with E-state index in [-0.39, 0.29) is 18.0 Å². The molecule has 2 atom stereocenters. The van der Waals surface area contributed by atoms with Crippen molar-refractivity contribution in [3.05, 3.63) is 36.1 Å². The summed E-state index contributed by atoms with van der Waals surface area (Å²) in [6.45, 7) is 3.00. The third-order valence-electron chi connectivity index (χ3n) is 4.25. The number of thioether (sulfide) groups is 1. The molecule has 1 amide bonds. The van der Waals surface area contributed by atoms with Gasteiger partial charge in [-0.05, 0) is 19.1 Å².